The van der Waals surface area contributed by atoms with Crippen LogP contribution >= 0.6 is 0 Å². The van der Waals surface area contributed by atoms with Crippen molar-refractivity contribution >= 4 is 12.0 Å². The molecule has 2 amide bonds. The molecule has 0 saturated carbocycles. The number of hydrogen-bond acceptors (Lipinski definition) is 4. The number of carboxylic acids is 1. The quantitative estimate of drug-likeness (QED) is 0.454. The Hall–Kier alpha value is -2.38. The van der Waals surface area contributed by atoms with E-state index in [0.29, 0.717) is 19.4 Å². The number of carbonyl (C=O) groups excluding carboxylic acids is 1. The van der Waals surface area contributed by atoms with Crippen LogP contribution < -0.4 is 5.32 Å². The van der Waals surface area contributed by atoms with Gasteiger partial charge in [-0.1, -0.05) is 6.08 Å². The lowest BCUT2D eigenvalue weighted by Crippen LogP contribution is -2.43. The molecule has 0 aliphatic rings. The van der Waals surface area contributed by atoms with Gasteiger partial charge in [-0.2, -0.15) is 5.10 Å². The molecule has 0 aliphatic carbocycles. The molecule has 0 atom stereocenters. The van der Waals surface area contributed by atoms with E-state index in [2.05, 4.69) is 27.1 Å². The van der Waals surface area contributed by atoms with Gasteiger partial charge in [0.1, 0.15) is 18.7 Å². The van der Waals surface area contributed by atoms with Crippen LogP contribution in [0.5, 0.6) is 0 Å². The van der Waals surface area contributed by atoms with Crippen LogP contribution in [-0.4, -0.2) is 56.8 Å². The van der Waals surface area contributed by atoms with Crippen LogP contribution in [0.3, 0.4) is 0 Å². The van der Waals surface area contributed by atoms with Gasteiger partial charge in [-0.05, 0) is 6.42 Å². The second-order valence-corrected chi connectivity index (χ2v) is 3.83. The van der Waals surface area contributed by atoms with E-state index in [1.165, 1.54) is 17.3 Å². The van der Waals surface area contributed by atoms with E-state index < -0.39 is 12.0 Å². The zero-order valence-corrected chi connectivity index (χ0v) is 10.5. The van der Waals surface area contributed by atoms with Gasteiger partial charge in [0.05, 0.1) is 0 Å². The number of amides is 2. The summed E-state index contributed by atoms with van der Waals surface area (Å²) in [4.78, 5) is 27.4. The van der Waals surface area contributed by atoms with Crippen molar-refractivity contribution < 1.29 is 14.7 Å². The average molecular weight is 267 g/mol. The van der Waals surface area contributed by atoms with Crippen molar-refractivity contribution in [1.29, 1.82) is 0 Å². The van der Waals surface area contributed by atoms with E-state index in [-0.39, 0.29) is 13.1 Å². The van der Waals surface area contributed by atoms with E-state index >= 15 is 0 Å². The van der Waals surface area contributed by atoms with Crippen molar-refractivity contribution in [3.8, 4) is 0 Å². The molecule has 104 valence electrons. The lowest BCUT2D eigenvalue weighted by Gasteiger charge is -2.19. The highest BCUT2D eigenvalue weighted by atomic mass is 16.4. The smallest absolute Gasteiger partial charge is 0.323 e. The third-order valence-electron chi connectivity index (χ3n) is 2.29. The molecule has 0 spiro atoms. The molecular formula is C11H17N5O3. The largest absolute Gasteiger partial charge is 0.480 e. The summed E-state index contributed by atoms with van der Waals surface area (Å²) in [7, 11) is 0. The molecule has 0 aromatic carbocycles. The maximum atomic E-state index is 11.7. The SMILES string of the molecule is C=CCN(CC(=O)O)C(=O)NCCCc1ncn[nH]1. The molecule has 0 aliphatic heterocycles. The van der Waals surface area contributed by atoms with Crippen LogP contribution in [0.1, 0.15) is 12.2 Å². The summed E-state index contributed by atoms with van der Waals surface area (Å²) in [6.07, 6.45) is 4.26. The highest BCUT2D eigenvalue weighted by Crippen LogP contribution is 1.94. The molecule has 1 heterocycles. The Morgan fingerprint density at radius 2 is 2.37 bits per heavy atom. The number of carbonyl (C=O) groups is 2. The lowest BCUT2D eigenvalue weighted by atomic mass is 10.3. The van der Waals surface area contributed by atoms with Crippen molar-refractivity contribution in [2.45, 2.75) is 12.8 Å². The first-order valence-corrected chi connectivity index (χ1v) is 5.83. The summed E-state index contributed by atoms with van der Waals surface area (Å²) in [5.74, 6) is -0.304. The molecular weight excluding hydrogens is 250 g/mol. The molecule has 0 saturated heterocycles. The molecule has 1 aromatic rings. The fourth-order valence-electron chi connectivity index (χ4n) is 1.45. The fourth-order valence-corrected chi connectivity index (χ4v) is 1.45. The van der Waals surface area contributed by atoms with Crippen LogP contribution in [0.25, 0.3) is 0 Å². The molecule has 0 bridgehead atoms. The van der Waals surface area contributed by atoms with Gasteiger partial charge >= 0.3 is 12.0 Å². The first-order valence-electron chi connectivity index (χ1n) is 5.83. The predicted molar refractivity (Wildman–Crippen MR) is 67.5 cm³/mol. The molecule has 0 fully saturated rings. The van der Waals surface area contributed by atoms with Gasteiger partial charge in [-0.3, -0.25) is 9.89 Å². The Kier molecular flexibility index (Phi) is 6.07. The van der Waals surface area contributed by atoms with E-state index in [1.807, 2.05) is 0 Å². The Labute approximate surface area is 110 Å². The monoisotopic (exact) mass is 267 g/mol. The van der Waals surface area contributed by atoms with Crippen molar-refractivity contribution in [2.75, 3.05) is 19.6 Å². The van der Waals surface area contributed by atoms with Crippen molar-refractivity contribution in [2.24, 2.45) is 0 Å². The Bertz CT molecular complexity index is 418. The number of carboxylic acid groups (broad SMARTS) is 1. The molecule has 3 N–H and O–H groups in total. The van der Waals surface area contributed by atoms with Crippen LogP contribution in [0.4, 0.5) is 4.79 Å². The minimum Gasteiger partial charge on any atom is -0.480 e. The van der Waals surface area contributed by atoms with Gasteiger partial charge in [0.15, 0.2) is 0 Å². The van der Waals surface area contributed by atoms with Crippen molar-refractivity contribution in [1.82, 2.24) is 25.4 Å². The average Bonchev–Trinajstić information content (AvgIpc) is 2.86. The van der Waals surface area contributed by atoms with Crippen molar-refractivity contribution in [3.63, 3.8) is 0 Å². The Morgan fingerprint density at radius 3 is 2.95 bits per heavy atom. The van der Waals surface area contributed by atoms with Gasteiger partial charge < -0.3 is 15.3 Å². The molecule has 1 aromatic heterocycles. The normalized spacial score (nSPS) is 9.89. The number of nitrogens with one attached hydrogen (secondary N) is 2. The van der Waals surface area contributed by atoms with E-state index in [1.54, 1.807) is 0 Å². The summed E-state index contributed by atoms with van der Waals surface area (Å²) in [5, 5.41) is 17.8. The number of urea groups is 1. The number of aryl methyl sites for hydroxylation is 1. The number of nitrogens with zero attached hydrogens (tertiary/aromatic N) is 3. The number of aromatic nitrogens is 3. The number of aromatic amines is 1. The molecule has 19 heavy (non-hydrogen) atoms. The van der Waals surface area contributed by atoms with Gasteiger partial charge in [-0.15, -0.1) is 6.58 Å². The molecule has 0 unspecified atom stereocenters. The Balaban J connectivity index is 2.27. The summed E-state index contributed by atoms with van der Waals surface area (Å²) in [6.45, 7) is 3.77. The maximum Gasteiger partial charge on any atom is 0.323 e. The van der Waals surface area contributed by atoms with Crippen LogP contribution in [0.2, 0.25) is 0 Å². The van der Waals surface area contributed by atoms with Gasteiger partial charge in [-0.25, -0.2) is 9.78 Å². The number of H-pyrrole nitrogens is 1. The second-order valence-electron chi connectivity index (χ2n) is 3.83. The zero-order chi connectivity index (χ0) is 14.1. The molecule has 8 heteroatoms. The van der Waals surface area contributed by atoms with Crippen LogP contribution in [0.15, 0.2) is 19.0 Å². The van der Waals surface area contributed by atoms with E-state index in [0.717, 1.165) is 5.82 Å². The highest BCUT2D eigenvalue weighted by Gasteiger charge is 2.14. The topological polar surface area (TPSA) is 111 Å². The Morgan fingerprint density at radius 1 is 1.58 bits per heavy atom. The first kappa shape index (κ1) is 14.7. The van der Waals surface area contributed by atoms with E-state index in [9.17, 15) is 9.59 Å². The fraction of sp³-hybridized carbons (Fsp3) is 0.455. The third kappa shape index (κ3) is 5.66. The van der Waals surface area contributed by atoms with Gasteiger partial charge in [0, 0.05) is 19.5 Å². The number of rotatable bonds is 8. The summed E-state index contributed by atoms with van der Waals surface area (Å²) in [5.41, 5.74) is 0. The van der Waals surface area contributed by atoms with Gasteiger partial charge in [0.2, 0.25) is 0 Å². The second kappa shape index (κ2) is 7.85. The standard InChI is InChI=1S/C11H17N5O3/c1-2-6-16(7-10(17)18)11(19)12-5-3-4-9-13-8-14-15-9/h2,8H,1,3-7H2,(H,12,19)(H,17,18)(H,13,14,15). The minimum atomic E-state index is -1.06. The first-order chi connectivity index (χ1) is 9.13. The molecule has 1 rings (SSSR count). The van der Waals surface area contributed by atoms with Crippen LogP contribution in [-0.2, 0) is 11.2 Å². The molecule has 0 radical (unpaired) electrons. The number of aliphatic carboxylic acids is 1. The zero-order valence-electron chi connectivity index (χ0n) is 10.5. The summed E-state index contributed by atoms with van der Waals surface area (Å²) < 4.78 is 0. The maximum absolute atomic E-state index is 11.7. The summed E-state index contributed by atoms with van der Waals surface area (Å²) in [6, 6.07) is -0.417. The predicted octanol–water partition coefficient (Wildman–Crippen LogP) is 0.0195. The third-order valence-corrected chi connectivity index (χ3v) is 2.29. The molecule has 8 nitrogen and oxygen atoms in total. The highest BCUT2D eigenvalue weighted by molar-refractivity contribution is 5.80. The number of hydrogen-bond donors (Lipinski definition) is 3. The van der Waals surface area contributed by atoms with Crippen LogP contribution in [0, 0.1) is 0 Å². The lowest BCUT2D eigenvalue weighted by molar-refractivity contribution is -0.137. The van der Waals surface area contributed by atoms with E-state index in [4.69, 9.17) is 5.11 Å². The van der Waals surface area contributed by atoms with Gasteiger partial charge in [0.25, 0.3) is 0 Å². The minimum absolute atomic E-state index is 0.195. The summed E-state index contributed by atoms with van der Waals surface area (Å²) >= 11 is 0. The van der Waals surface area contributed by atoms with Crippen molar-refractivity contribution in [3.05, 3.63) is 24.8 Å².